The van der Waals surface area contributed by atoms with Crippen molar-refractivity contribution in [1.29, 1.82) is 0 Å². The zero-order valence-electron chi connectivity index (χ0n) is 8.38. The Bertz CT molecular complexity index is 185. The molecule has 12 heavy (non-hydrogen) atoms. The fraction of sp³-hybridized carbons (Fsp3) is 1.00. The van der Waals surface area contributed by atoms with Gasteiger partial charge in [0, 0.05) is 6.61 Å². The molecular formula is C11H20O. The molecule has 3 aliphatic rings. The minimum absolute atomic E-state index is 0.405. The summed E-state index contributed by atoms with van der Waals surface area (Å²) in [5.41, 5.74) is 0.528. The van der Waals surface area contributed by atoms with Gasteiger partial charge in [-0.3, -0.25) is 0 Å². The highest BCUT2D eigenvalue weighted by Gasteiger charge is 2.56. The molecule has 0 saturated heterocycles. The number of aliphatic hydroxyl groups is 1. The quantitative estimate of drug-likeness (QED) is 0.637. The van der Waals surface area contributed by atoms with Gasteiger partial charge in [0.05, 0.1) is 0 Å². The SMILES string of the molecule is C[C@@H]1C[C@@H]2C[C@H]([C@@H]1CO)C2(C)C. The predicted octanol–water partition coefficient (Wildman–Crippen LogP) is 2.30. The molecule has 0 aliphatic heterocycles. The van der Waals surface area contributed by atoms with Crippen LogP contribution in [-0.4, -0.2) is 11.7 Å². The van der Waals surface area contributed by atoms with Crippen LogP contribution in [-0.2, 0) is 0 Å². The molecule has 1 heteroatoms. The van der Waals surface area contributed by atoms with Crippen LogP contribution in [0.15, 0.2) is 0 Å². The van der Waals surface area contributed by atoms with Crippen LogP contribution in [0.25, 0.3) is 0 Å². The van der Waals surface area contributed by atoms with E-state index < -0.39 is 0 Å². The van der Waals surface area contributed by atoms with Gasteiger partial charge in [-0.1, -0.05) is 20.8 Å². The predicted molar refractivity (Wildman–Crippen MR) is 49.7 cm³/mol. The summed E-state index contributed by atoms with van der Waals surface area (Å²) in [7, 11) is 0. The average Bonchev–Trinajstić information content (AvgIpc) is 2.03. The topological polar surface area (TPSA) is 20.2 Å². The van der Waals surface area contributed by atoms with E-state index in [1.165, 1.54) is 12.8 Å². The van der Waals surface area contributed by atoms with E-state index in [0.29, 0.717) is 17.9 Å². The van der Waals surface area contributed by atoms with Crippen LogP contribution in [0.1, 0.15) is 33.6 Å². The van der Waals surface area contributed by atoms with E-state index in [1.807, 2.05) is 0 Å². The van der Waals surface area contributed by atoms with Gasteiger partial charge in [0.15, 0.2) is 0 Å². The zero-order chi connectivity index (χ0) is 8.93. The number of hydrogen-bond donors (Lipinski definition) is 1. The Balaban J connectivity index is 2.15. The first-order chi connectivity index (χ1) is 5.57. The molecule has 1 N–H and O–H groups in total. The highest BCUT2D eigenvalue weighted by atomic mass is 16.3. The van der Waals surface area contributed by atoms with Crippen molar-refractivity contribution in [3.05, 3.63) is 0 Å². The van der Waals surface area contributed by atoms with Gasteiger partial charge in [-0.15, -0.1) is 0 Å². The van der Waals surface area contributed by atoms with E-state index in [4.69, 9.17) is 0 Å². The van der Waals surface area contributed by atoms with Gasteiger partial charge < -0.3 is 5.11 Å². The lowest BCUT2D eigenvalue weighted by Crippen LogP contribution is -2.56. The van der Waals surface area contributed by atoms with Crippen LogP contribution in [0.5, 0.6) is 0 Å². The summed E-state index contributed by atoms with van der Waals surface area (Å²) in [5.74, 6) is 3.09. The summed E-state index contributed by atoms with van der Waals surface area (Å²) in [5, 5.41) is 9.29. The Kier molecular flexibility index (Phi) is 1.76. The second kappa shape index (κ2) is 2.47. The Morgan fingerprint density at radius 3 is 2.42 bits per heavy atom. The molecule has 70 valence electrons. The third-order valence-corrected chi connectivity index (χ3v) is 4.66. The van der Waals surface area contributed by atoms with Crippen LogP contribution < -0.4 is 0 Å². The fourth-order valence-corrected chi connectivity index (χ4v) is 3.51. The third-order valence-electron chi connectivity index (χ3n) is 4.66. The molecule has 3 fully saturated rings. The van der Waals surface area contributed by atoms with Crippen LogP contribution >= 0.6 is 0 Å². The molecule has 3 aliphatic carbocycles. The molecule has 4 atom stereocenters. The van der Waals surface area contributed by atoms with Crippen LogP contribution in [0.2, 0.25) is 0 Å². The lowest BCUT2D eigenvalue weighted by molar-refractivity contribution is -0.142. The van der Waals surface area contributed by atoms with Gasteiger partial charge >= 0.3 is 0 Å². The lowest BCUT2D eigenvalue weighted by atomic mass is 9.43. The third kappa shape index (κ3) is 0.891. The van der Waals surface area contributed by atoms with Crippen molar-refractivity contribution in [2.75, 3.05) is 6.61 Å². The Morgan fingerprint density at radius 2 is 2.00 bits per heavy atom. The smallest absolute Gasteiger partial charge is 0.0464 e. The van der Waals surface area contributed by atoms with Crippen molar-refractivity contribution in [3.8, 4) is 0 Å². The standard InChI is InChI=1S/C11H20O/c1-7-4-8-5-10(9(7)6-12)11(8,2)3/h7-10,12H,4-6H2,1-3H3/t7-,8-,9-,10-/m1/s1. The van der Waals surface area contributed by atoms with E-state index in [-0.39, 0.29) is 0 Å². The normalized spacial score (nSPS) is 50.0. The average molecular weight is 168 g/mol. The van der Waals surface area contributed by atoms with E-state index >= 15 is 0 Å². The Morgan fingerprint density at radius 1 is 1.33 bits per heavy atom. The second-order valence-electron chi connectivity index (χ2n) is 5.42. The van der Waals surface area contributed by atoms with Crippen LogP contribution in [0, 0.1) is 29.1 Å². The highest BCUT2D eigenvalue weighted by molar-refractivity contribution is 5.04. The summed E-state index contributed by atoms with van der Waals surface area (Å²) in [6.07, 6.45) is 2.72. The van der Waals surface area contributed by atoms with E-state index in [1.54, 1.807) is 0 Å². The van der Waals surface area contributed by atoms with Crippen molar-refractivity contribution in [2.24, 2.45) is 29.1 Å². The maximum absolute atomic E-state index is 9.29. The molecule has 3 saturated carbocycles. The van der Waals surface area contributed by atoms with Gasteiger partial charge in [0.2, 0.25) is 0 Å². The minimum atomic E-state index is 0.405. The molecule has 0 aromatic heterocycles. The molecule has 0 spiro atoms. The molecule has 2 bridgehead atoms. The molecule has 3 rings (SSSR count). The largest absolute Gasteiger partial charge is 0.396 e. The Hall–Kier alpha value is -0.0400. The zero-order valence-corrected chi connectivity index (χ0v) is 8.38. The van der Waals surface area contributed by atoms with E-state index in [0.717, 1.165) is 17.8 Å². The molecule has 0 unspecified atom stereocenters. The Labute approximate surface area is 75.2 Å². The van der Waals surface area contributed by atoms with E-state index in [9.17, 15) is 5.11 Å². The van der Waals surface area contributed by atoms with Gasteiger partial charge in [0.1, 0.15) is 0 Å². The first-order valence-corrected chi connectivity index (χ1v) is 5.18. The van der Waals surface area contributed by atoms with Crippen molar-refractivity contribution in [2.45, 2.75) is 33.6 Å². The molecule has 0 aromatic rings. The first kappa shape index (κ1) is 8.55. The number of rotatable bonds is 1. The molecular weight excluding hydrogens is 148 g/mol. The van der Waals surface area contributed by atoms with Crippen molar-refractivity contribution < 1.29 is 5.11 Å². The van der Waals surface area contributed by atoms with E-state index in [2.05, 4.69) is 20.8 Å². The first-order valence-electron chi connectivity index (χ1n) is 5.18. The number of aliphatic hydroxyl groups excluding tert-OH is 1. The number of hydrogen-bond acceptors (Lipinski definition) is 1. The maximum atomic E-state index is 9.29. The molecule has 0 heterocycles. The maximum Gasteiger partial charge on any atom is 0.0464 e. The number of fused-ring (bicyclic) bond motifs is 2. The van der Waals surface area contributed by atoms with Crippen molar-refractivity contribution in [1.82, 2.24) is 0 Å². The highest BCUT2D eigenvalue weighted by Crippen LogP contribution is 2.62. The van der Waals surface area contributed by atoms with Crippen LogP contribution in [0.3, 0.4) is 0 Å². The molecule has 0 aromatic carbocycles. The molecule has 1 nitrogen and oxygen atoms in total. The van der Waals surface area contributed by atoms with Crippen LogP contribution in [0.4, 0.5) is 0 Å². The fourth-order valence-electron chi connectivity index (χ4n) is 3.51. The molecule has 0 amide bonds. The summed E-state index contributed by atoms with van der Waals surface area (Å²) < 4.78 is 0. The summed E-state index contributed by atoms with van der Waals surface area (Å²) in [6.45, 7) is 7.46. The lowest BCUT2D eigenvalue weighted by Gasteiger charge is -2.62. The van der Waals surface area contributed by atoms with Crippen molar-refractivity contribution >= 4 is 0 Å². The van der Waals surface area contributed by atoms with Gasteiger partial charge in [-0.05, 0) is 41.9 Å². The van der Waals surface area contributed by atoms with Crippen molar-refractivity contribution in [3.63, 3.8) is 0 Å². The van der Waals surface area contributed by atoms with Gasteiger partial charge in [-0.2, -0.15) is 0 Å². The second-order valence-corrected chi connectivity index (χ2v) is 5.42. The summed E-state index contributed by atoms with van der Waals surface area (Å²) in [6, 6.07) is 0. The van der Waals surface area contributed by atoms with Gasteiger partial charge in [-0.25, -0.2) is 0 Å². The molecule has 0 radical (unpaired) electrons. The summed E-state index contributed by atoms with van der Waals surface area (Å²) >= 11 is 0. The monoisotopic (exact) mass is 168 g/mol. The van der Waals surface area contributed by atoms with Gasteiger partial charge in [0.25, 0.3) is 0 Å². The minimum Gasteiger partial charge on any atom is -0.396 e. The summed E-state index contributed by atoms with van der Waals surface area (Å²) in [4.78, 5) is 0.